The second-order valence-corrected chi connectivity index (χ2v) is 9.05. The lowest BCUT2D eigenvalue weighted by Gasteiger charge is -2.20. The van der Waals surface area contributed by atoms with Gasteiger partial charge in [-0.2, -0.15) is 0 Å². The van der Waals surface area contributed by atoms with Crippen LogP contribution in [-0.4, -0.2) is 11.0 Å². The highest BCUT2D eigenvalue weighted by Crippen LogP contribution is 2.35. The van der Waals surface area contributed by atoms with Crippen molar-refractivity contribution in [3.8, 4) is 17.3 Å². The molecule has 0 aliphatic heterocycles. The number of carbonyl (C=O) groups excluding carboxylic acids is 1. The Hall–Kier alpha value is -4.19. The van der Waals surface area contributed by atoms with Crippen molar-refractivity contribution in [1.29, 1.82) is 0 Å². The molecule has 0 N–H and O–H groups in total. The molecule has 174 valence electrons. The predicted molar refractivity (Wildman–Crippen MR) is 133 cm³/mol. The number of hydrogen-bond acceptors (Lipinski definition) is 6. The fourth-order valence-electron chi connectivity index (χ4n) is 5.04. The summed E-state index contributed by atoms with van der Waals surface area (Å²) in [5, 5.41) is 1.08. The van der Waals surface area contributed by atoms with E-state index in [0.717, 1.165) is 59.0 Å². The molecule has 3 aromatic heterocycles. The number of ether oxygens (including phenoxy) is 1. The Labute approximate surface area is 201 Å². The van der Waals surface area contributed by atoms with Crippen molar-refractivity contribution in [3.05, 3.63) is 93.0 Å². The van der Waals surface area contributed by atoms with E-state index in [1.54, 1.807) is 18.2 Å². The minimum Gasteiger partial charge on any atom is -0.461 e. The fourth-order valence-corrected chi connectivity index (χ4v) is 5.04. The van der Waals surface area contributed by atoms with Gasteiger partial charge >= 0.3 is 5.97 Å². The molecule has 0 atom stereocenters. The lowest BCUT2D eigenvalue weighted by molar-refractivity contribution is 0.0731. The Morgan fingerprint density at radius 3 is 2.66 bits per heavy atom. The molecule has 0 amide bonds. The molecule has 0 saturated carbocycles. The summed E-state index contributed by atoms with van der Waals surface area (Å²) in [6, 6.07) is 14.6. The predicted octanol–water partition coefficient (Wildman–Crippen LogP) is 6.32. The molecule has 5 aromatic rings. The second kappa shape index (κ2) is 8.24. The summed E-state index contributed by atoms with van der Waals surface area (Å²) in [5.74, 6) is -0.355. The highest BCUT2D eigenvalue weighted by atomic mass is 16.5. The van der Waals surface area contributed by atoms with Crippen molar-refractivity contribution in [2.75, 3.05) is 0 Å². The van der Waals surface area contributed by atoms with Gasteiger partial charge in [-0.25, -0.2) is 4.79 Å². The Balaban J connectivity index is 1.57. The third kappa shape index (κ3) is 3.53. The Kier molecular flexibility index (Phi) is 5.02. The quantitative estimate of drug-likeness (QED) is 0.290. The van der Waals surface area contributed by atoms with Gasteiger partial charge in [-0.05, 0) is 80.5 Å². The number of carbonyl (C=O) groups is 1. The van der Waals surface area contributed by atoms with E-state index in [9.17, 15) is 9.59 Å². The Morgan fingerprint density at radius 2 is 1.83 bits per heavy atom. The number of aromatic nitrogens is 1. The monoisotopic (exact) mass is 465 g/mol. The molecule has 0 bridgehead atoms. The number of fused-ring (bicyclic) bond motifs is 3. The SMILES string of the molecule is Cc1cc(C)c2oc(-c3ccco3)c(OC(=O)c3c4c(nc5ccccc35)CCCC4)c(=O)c2c1. The van der Waals surface area contributed by atoms with Gasteiger partial charge in [-0.15, -0.1) is 0 Å². The van der Waals surface area contributed by atoms with E-state index in [0.29, 0.717) is 22.3 Å². The van der Waals surface area contributed by atoms with Gasteiger partial charge in [-0.1, -0.05) is 24.3 Å². The van der Waals surface area contributed by atoms with Crippen LogP contribution >= 0.6 is 0 Å². The maximum atomic E-state index is 13.8. The number of rotatable bonds is 3. The number of pyridine rings is 1. The zero-order valence-corrected chi connectivity index (χ0v) is 19.5. The van der Waals surface area contributed by atoms with Gasteiger partial charge in [0.1, 0.15) is 5.58 Å². The van der Waals surface area contributed by atoms with E-state index >= 15 is 0 Å². The molecule has 6 nitrogen and oxygen atoms in total. The van der Waals surface area contributed by atoms with Crippen molar-refractivity contribution in [1.82, 2.24) is 4.98 Å². The maximum Gasteiger partial charge on any atom is 0.344 e. The molecule has 0 radical (unpaired) electrons. The van der Waals surface area contributed by atoms with Crippen LogP contribution in [0, 0.1) is 13.8 Å². The van der Waals surface area contributed by atoms with Gasteiger partial charge in [0, 0.05) is 11.1 Å². The molecule has 1 aliphatic rings. The van der Waals surface area contributed by atoms with Gasteiger partial charge in [0.25, 0.3) is 0 Å². The molecule has 3 heterocycles. The lowest BCUT2D eigenvalue weighted by atomic mass is 9.90. The highest BCUT2D eigenvalue weighted by Gasteiger charge is 2.28. The van der Waals surface area contributed by atoms with Crippen molar-refractivity contribution >= 4 is 27.8 Å². The number of para-hydroxylation sites is 1. The van der Waals surface area contributed by atoms with E-state index in [1.165, 1.54) is 6.26 Å². The van der Waals surface area contributed by atoms with Crippen LogP contribution in [0.3, 0.4) is 0 Å². The van der Waals surface area contributed by atoms with Crippen LogP contribution in [0.2, 0.25) is 0 Å². The molecule has 2 aromatic carbocycles. The molecule has 0 saturated heterocycles. The number of furan rings is 1. The summed E-state index contributed by atoms with van der Waals surface area (Å²) in [4.78, 5) is 32.3. The molecule has 0 unspecified atom stereocenters. The number of esters is 1. The maximum absolute atomic E-state index is 13.8. The molecule has 1 aliphatic carbocycles. The Bertz CT molecular complexity index is 1680. The van der Waals surface area contributed by atoms with Crippen LogP contribution in [0.1, 0.15) is 45.6 Å². The minimum atomic E-state index is -0.592. The van der Waals surface area contributed by atoms with Gasteiger partial charge in [0.15, 0.2) is 5.76 Å². The topological polar surface area (TPSA) is 82.5 Å². The first kappa shape index (κ1) is 21.4. The van der Waals surface area contributed by atoms with Crippen LogP contribution in [0.5, 0.6) is 5.75 Å². The van der Waals surface area contributed by atoms with Crippen molar-refractivity contribution < 1.29 is 18.4 Å². The summed E-state index contributed by atoms with van der Waals surface area (Å²) in [6.07, 6.45) is 5.05. The van der Waals surface area contributed by atoms with Gasteiger partial charge in [0.2, 0.25) is 16.9 Å². The minimum absolute atomic E-state index is 0.0973. The van der Waals surface area contributed by atoms with Gasteiger partial charge in [0.05, 0.1) is 22.7 Å². The second-order valence-electron chi connectivity index (χ2n) is 9.05. The van der Waals surface area contributed by atoms with Gasteiger partial charge in [-0.3, -0.25) is 9.78 Å². The fraction of sp³-hybridized carbons (Fsp3) is 0.207. The summed E-state index contributed by atoms with van der Waals surface area (Å²) in [6.45, 7) is 3.79. The molecular formula is C29H23NO5. The molecule has 6 rings (SSSR count). The average molecular weight is 466 g/mol. The largest absolute Gasteiger partial charge is 0.461 e. The standard InChI is InChI=1S/C29H23NO5/c1-16-14-17(2)26-20(15-16)25(31)28(27(34-26)23-12-7-13-33-23)35-29(32)24-18-8-3-5-10-21(18)30-22-11-6-4-9-19(22)24/h3,5,7-8,10,12-15H,4,6,9,11H2,1-2H3. The van der Waals surface area contributed by atoms with Crippen molar-refractivity contribution in [2.45, 2.75) is 39.5 Å². The number of benzene rings is 2. The third-order valence-electron chi connectivity index (χ3n) is 6.59. The smallest absolute Gasteiger partial charge is 0.344 e. The zero-order chi connectivity index (χ0) is 24.1. The van der Waals surface area contributed by atoms with E-state index in [-0.39, 0.29) is 11.5 Å². The van der Waals surface area contributed by atoms with E-state index in [1.807, 2.05) is 44.2 Å². The molecular weight excluding hydrogens is 442 g/mol. The van der Waals surface area contributed by atoms with E-state index < -0.39 is 11.4 Å². The lowest BCUT2D eigenvalue weighted by Crippen LogP contribution is -2.20. The number of aryl methyl sites for hydroxylation is 3. The first-order valence-corrected chi connectivity index (χ1v) is 11.8. The van der Waals surface area contributed by atoms with Crippen LogP contribution in [-0.2, 0) is 12.8 Å². The van der Waals surface area contributed by atoms with Crippen LogP contribution in [0.25, 0.3) is 33.4 Å². The first-order chi connectivity index (χ1) is 17.0. The summed E-state index contributed by atoms with van der Waals surface area (Å²) < 4.78 is 17.6. The van der Waals surface area contributed by atoms with E-state index in [2.05, 4.69) is 0 Å². The van der Waals surface area contributed by atoms with Crippen LogP contribution in [0.4, 0.5) is 0 Å². The van der Waals surface area contributed by atoms with Crippen molar-refractivity contribution in [3.63, 3.8) is 0 Å². The van der Waals surface area contributed by atoms with Gasteiger partial charge < -0.3 is 13.6 Å². The molecule has 6 heteroatoms. The highest BCUT2D eigenvalue weighted by molar-refractivity contribution is 6.06. The summed E-state index contributed by atoms with van der Waals surface area (Å²) in [7, 11) is 0. The number of hydrogen-bond donors (Lipinski definition) is 0. The summed E-state index contributed by atoms with van der Waals surface area (Å²) >= 11 is 0. The van der Waals surface area contributed by atoms with Crippen molar-refractivity contribution in [2.24, 2.45) is 0 Å². The van der Waals surface area contributed by atoms with E-state index in [4.69, 9.17) is 18.6 Å². The first-order valence-electron chi connectivity index (χ1n) is 11.8. The Morgan fingerprint density at radius 1 is 1.00 bits per heavy atom. The normalized spacial score (nSPS) is 13.2. The summed E-state index contributed by atoms with van der Waals surface area (Å²) in [5.41, 5.74) is 4.79. The zero-order valence-electron chi connectivity index (χ0n) is 19.5. The van der Waals surface area contributed by atoms with Crippen LogP contribution < -0.4 is 10.2 Å². The van der Waals surface area contributed by atoms with Crippen LogP contribution in [0.15, 0.2) is 68.4 Å². The number of nitrogens with zero attached hydrogens (tertiary/aromatic N) is 1. The molecule has 0 spiro atoms. The molecule has 35 heavy (non-hydrogen) atoms. The average Bonchev–Trinajstić information content (AvgIpc) is 3.39. The molecule has 0 fully saturated rings. The third-order valence-corrected chi connectivity index (χ3v) is 6.59.